The molecule has 0 aliphatic rings. The number of carbonyl (C=O) groups is 1. The van der Waals surface area contributed by atoms with Crippen LogP contribution < -0.4 is 11.1 Å². The van der Waals surface area contributed by atoms with Crippen molar-refractivity contribution in [2.24, 2.45) is 5.73 Å². The third kappa shape index (κ3) is 2.95. The van der Waals surface area contributed by atoms with Crippen LogP contribution in [0, 0.1) is 12.7 Å². The zero-order valence-corrected chi connectivity index (χ0v) is 11.0. The molecule has 1 amide bonds. The van der Waals surface area contributed by atoms with Crippen molar-refractivity contribution < 1.29 is 14.3 Å². The number of carbonyl (C=O) groups excluding carboxylic acids is 1. The minimum absolute atomic E-state index is 0.0175. The highest BCUT2D eigenvalue weighted by molar-refractivity contribution is 6.06. The number of phenolic OH excluding ortho intramolecular Hbond substituents is 1. The van der Waals surface area contributed by atoms with Crippen LogP contribution in [0.25, 0.3) is 0 Å². The predicted octanol–water partition coefficient (Wildman–Crippen LogP) is 2.55. The summed E-state index contributed by atoms with van der Waals surface area (Å²) < 4.78 is 12.9. The van der Waals surface area contributed by atoms with Crippen molar-refractivity contribution in [1.29, 1.82) is 0 Å². The Kier molecular flexibility index (Phi) is 4.00. The van der Waals surface area contributed by atoms with Crippen LogP contribution in [0.1, 0.15) is 21.5 Å². The van der Waals surface area contributed by atoms with E-state index in [4.69, 9.17) is 5.73 Å². The average molecular weight is 274 g/mol. The van der Waals surface area contributed by atoms with Crippen molar-refractivity contribution in [1.82, 2.24) is 0 Å². The van der Waals surface area contributed by atoms with E-state index in [9.17, 15) is 14.3 Å². The van der Waals surface area contributed by atoms with E-state index in [1.54, 1.807) is 6.07 Å². The highest BCUT2D eigenvalue weighted by Gasteiger charge is 2.13. The van der Waals surface area contributed by atoms with E-state index in [-0.39, 0.29) is 5.56 Å². The molecule has 0 fully saturated rings. The summed E-state index contributed by atoms with van der Waals surface area (Å²) >= 11 is 0. The quantitative estimate of drug-likeness (QED) is 0.805. The second kappa shape index (κ2) is 5.71. The average Bonchev–Trinajstić information content (AvgIpc) is 2.41. The molecule has 2 rings (SSSR count). The molecule has 20 heavy (non-hydrogen) atoms. The molecular formula is C15H15FN2O2. The summed E-state index contributed by atoms with van der Waals surface area (Å²) in [4.78, 5) is 12.1. The van der Waals surface area contributed by atoms with Gasteiger partial charge < -0.3 is 16.2 Å². The van der Waals surface area contributed by atoms with E-state index in [0.29, 0.717) is 12.2 Å². The summed E-state index contributed by atoms with van der Waals surface area (Å²) in [6, 6.07) is 8.76. The zero-order valence-electron chi connectivity index (χ0n) is 11.0. The molecule has 0 saturated heterocycles. The molecule has 0 atom stereocenters. The number of aryl methyl sites for hydroxylation is 1. The SMILES string of the molecule is Cc1ccc(CN)cc1NC(=O)c1ccc(F)cc1O. The first-order valence-corrected chi connectivity index (χ1v) is 6.10. The monoisotopic (exact) mass is 274 g/mol. The van der Waals surface area contributed by atoms with Crippen molar-refractivity contribution in [3.63, 3.8) is 0 Å². The highest BCUT2D eigenvalue weighted by Crippen LogP contribution is 2.22. The largest absolute Gasteiger partial charge is 0.507 e. The fourth-order valence-corrected chi connectivity index (χ4v) is 1.82. The van der Waals surface area contributed by atoms with Gasteiger partial charge in [-0.3, -0.25) is 4.79 Å². The number of nitrogens with one attached hydrogen (secondary N) is 1. The molecule has 2 aromatic rings. The number of rotatable bonds is 3. The summed E-state index contributed by atoms with van der Waals surface area (Å²) in [6.45, 7) is 2.21. The van der Waals surface area contributed by atoms with E-state index < -0.39 is 17.5 Å². The number of hydrogen-bond acceptors (Lipinski definition) is 3. The summed E-state index contributed by atoms with van der Waals surface area (Å²) in [7, 11) is 0. The minimum Gasteiger partial charge on any atom is -0.507 e. The van der Waals surface area contributed by atoms with Crippen LogP contribution in [0.4, 0.5) is 10.1 Å². The van der Waals surface area contributed by atoms with Crippen molar-refractivity contribution in [3.8, 4) is 5.75 Å². The van der Waals surface area contributed by atoms with E-state index >= 15 is 0 Å². The van der Waals surface area contributed by atoms with Crippen LogP contribution in [0.5, 0.6) is 5.75 Å². The number of anilines is 1. The van der Waals surface area contributed by atoms with Crippen LogP contribution in [-0.2, 0) is 6.54 Å². The van der Waals surface area contributed by atoms with E-state index in [2.05, 4.69) is 5.32 Å². The number of halogens is 1. The van der Waals surface area contributed by atoms with Crippen molar-refractivity contribution in [3.05, 3.63) is 58.9 Å². The molecule has 4 N–H and O–H groups in total. The summed E-state index contributed by atoms with van der Waals surface area (Å²) in [5.41, 5.74) is 7.94. The van der Waals surface area contributed by atoms with Gasteiger partial charge in [0.1, 0.15) is 11.6 Å². The van der Waals surface area contributed by atoms with Crippen molar-refractivity contribution in [2.45, 2.75) is 13.5 Å². The second-order valence-electron chi connectivity index (χ2n) is 4.47. The van der Waals surface area contributed by atoms with Gasteiger partial charge in [0.25, 0.3) is 5.91 Å². The van der Waals surface area contributed by atoms with Gasteiger partial charge in [-0.25, -0.2) is 4.39 Å². The molecule has 0 radical (unpaired) electrons. The molecule has 0 saturated carbocycles. The van der Waals surface area contributed by atoms with Crippen molar-refractivity contribution >= 4 is 11.6 Å². The van der Waals surface area contributed by atoms with Gasteiger partial charge in [0, 0.05) is 18.3 Å². The van der Waals surface area contributed by atoms with Gasteiger partial charge in [-0.1, -0.05) is 12.1 Å². The maximum atomic E-state index is 12.9. The summed E-state index contributed by atoms with van der Waals surface area (Å²) in [5, 5.41) is 12.3. The Morgan fingerprint density at radius 1 is 1.30 bits per heavy atom. The van der Waals surface area contributed by atoms with Gasteiger partial charge >= 0.3 is 0 Å². The number of benzene rings is 2. The molecule has 104 valence electrons. The first kappa shape index (κ1) is 14.0. The first-order chi connectivity index (χ1) is 9.51. The Bertz CT molecular complexity index is 656. The molecule has 0 spiro atoms. The fourth-order valence-electron chi connectivity index (χ4n) is 1.82. The number of nitrogens with two attached hydrogens (primary N) is 1. The number of aromatic hydroxyl groups is 1. The topological polar surface area (TPSA) is 75.3 Å². The van der Waals surface area contributed by atoms with Gasteiger partial charge in [-0.05, 0) is 36.2 Å². The van der Waals surface area contributed by atoms with Gasteiger partial charge in [0.05, 0.1) is 5.56 Å². The van der Waals surface area contributed by atoms with Gasteiger partial charge in [-0.15, -0.1) is 0 Å². The third-order valence-corrected chi connectivity index (χ3v) is 2.99. The summed E-state index contributed by atoms with van der Waals surface area (Å²) in [6.07, 6.45) is 0. The van der Waals surface area contributed by atoms with E-state index in [1.807, 2.05) is 19.1 Å². The smallest absolute Gasteiger partial charge is 0.259 e. The Labute approximate surface area is 116 Å². The molecule has 0 aliphatic carbocycles. The maximum absolute atomic E-state index is 12.9. The van der Waals surface area contributed by atoms with Crippen molar-refractivity contribution in [2.75, 3.05) is 5.32 Å². The highest BCUT2D eigenvalue weighted by atomic mass is 19.1. The van der Waals surface area contributed by atoms with E-state index in [0.717, 1.165) is 23.3 Å². The first-order valence-electron chi connectivity index (χ1n) is 6.10. The molecule has 0 unspecified atom stereocenters. The standard InChI is InChI=1S/C15H15FN2O2/c1-9-2-3-10(8-17)6-13(9)18-15(20)12-5-4-11(16)7-14(12)19/h2-7,19H,8,17H2,1H3,(H,18,20). The number of phenols is 1. The minimum atomic E-state index is -0.597. The Morgan fingerprint density at radius 2 is 2.05 bits per heavy atom. The van der Waals surface area contributed by atoms with Gasteiger partial charge in [0.2, 0.25) is 0 Å². The Morgan fingerprint density at radius 3 is 2.70 bits per heavy atom. The molecule has 0 heterocycles. The number of hydrogen-bond donors (Lipinski definition) is 3. The molecule has 0 bridgehead atoms. The Hall–Kier alpha value is -2.40. The molecule has 0 aliphatic heterocycles. The van der Waals surface area contributed by atoms with Gasteiger partial charge in [0.15, 0.2) is 0 Å². The Balaban J connectivity index is 2.27. The summed E-state index contributed by atoms with van der Waals surface area (Å²) in [5.74, 6) is -1.49. The lowest BCUT2D eigenvalue weighted by atomic mass is 10.1. The normalized spacial score (nSPS) is 10.3. The maximum Gasteiger partial charge on any atom is 0.259 e. The third-order valence-electron chi connectivity index (χ3n) is 2.99. The predicted molar refractivity (Wildman–Crippen MR) is 75.1 cm³/mol. The van der Waals surface area contributed by atoms with E-state index in [1.165, 1.54) is 6.07 Å². The molecule has 5 heteroatoms. The van der Waals surface area contributed by atoms with Crippen LogP contribution >= 0.6 is 0 Å². The van der Waals surface area contributed by atoms with Crippen LogP contribution in [0.15, 0.2) is 36.4 Å². The lowest BCUT2D eigenvalue weighted by Crippen LogP contribution is -2.13. The molecule has 0 aromatic heterocycles. The van der Waals surface area contributed by atoms with Crippen LogP contribution in [0.3, 0.4) is 0 Å². The zero-order chi connectivity index (χ0) is 14.7. The second-order valence-corrected chi connectivity index (χ2v) is 4.47. The molecule has 4 nitrogen and oxygen atoms in total. The molecular weight excluding hydrogens is 259 g/mol. The number of amides is 1. The van der Waals surface area contributed by atoms with Crippen LogP contribution in [0.2, 0.25) is 0 Å². The van der Waals surface area contributed by atoms with Gasteiger partial charge in [-0.2, -0.15) is 0 Å². The lowest BCUT2D eigenvalue weighted by Gasteiger charge is -2.11. The fraction of sp³-hybridized carbons (Fsp3) is 0.133. The lowest BCUT2D eigenvalue weighted by molar-refractivity contribution is 0.102. The van der Waals surface area contributed by atoms with Crippen LogP contribution in [-0.4, -0.2) is 11.0 Å². The molecule has 2 aromatic carbocycles.